The van der Waals surface area contributed by atoms with Crippen LogP contribution in [0, 0.1) is 0 Å². The Morgan fingerprint density at radius 2 is 1.70 bits per heavy atom. The Balaban J connectivity index is 1.54. The Morgan fingerprint density at radius 1 is 1.10 bits per heavy atom. The van der Waals surface area contributed by atoms with Crippen molar-refractivity contribution in [3.63, 3.8) is 0 Å². The van der Waals surface area contributed by atoms with Crippen molar-refractivity contribution in [1.29, 1.82) is 0 Å². The minimum Gasteiger partial charge on any atom is -0.492 e. The van der Waals surface area contributed by atoms with Gasteiger partial charge in [-0.1, -0.05) is 11.6 Å². The van der Waals surface area contributed by atoms with E-state index in [0.717, 1.165) is 0 Å². The van der Waals surface area contributed by atoms with E-state index in [-0.39, 0.29) is 23.0 Å². The normalized spacial score (nSPS) is 20.0. The molecule has 1 fully saturated rings. The second-order valence-electron chi connectivity index (χ2n) is 7.16. The van der Waals surface area contributed by atoms with Crippen LogP contribution >= 0.6 is 11.6 Å². The van der Waals surface area contributed by atoms with Gasteiger partial charge in [-0.15, -0.1) is 0 Å². The number of amides is 1. The molecule has 1 amide bonds. The van der Waals surface area contributed by atoms with Crippen molar-refractivity contribution < 1.29 is 22.7 Å². The predicted octanol–water partition coefficient (Wildman–Crippen LogP) is 2.95. The van der Waals surface area contributed by atoms with Gasteiger partial charge in [-0.05, 0) is 62.4 Å². The standard InChI is InChI=1S/C21H25ClN2O5S/c1-15-13-24(14-16(2)29-15)30(26,27)20-9-3-17(4-10-20)21(25)23-11-12-28-19-7-5-18(22)6-8-19/h3-10,15-16H,11-14H2,1-2H3,(H,23,25). The van der Waals surface area contributed by atoms with Gasteiger partial charge in [0.1, 0.15) is 12.4 Å². The van der Waals surface area contributed by atoms with E-state index in [4.69, 9.17) is 21.1 Å². The van der Waals surface area contributed by atoms with E-state index in [1.165, 1.54) is 28.6 Å². The summed E-state index contributed by atoms with van der Waals surface area (Å²) in [5.74, 6) is 0.363. The maximum atomic E-state index is 12.9. The van der Waals surface area contributed by atoms with E-state index in [2.05, 4.69) is 5.32 Å². The molecular weight excluding hydrogens is 428 g/mol. The molecule has 1 aliphatic rings. The number of nitrogens with zero attached hydrogens (tertiary/aromatic N) is 1. The number of ether oxygens (including phenoxy) is 2. The number of benzene rings is 2. The van der Waals surface area contributed by atoms with E-state index in [1.807, 2.05) is 13.8 Å². The summed E-state index contributed by atoms with van der Waals surface area (Å²) in [6.45, 7) is 4.92. The third-order valence-corrected chi connectivity index (χ3v) is 6.71. The van der Waals surface area contributed by atoms with Gasteiger partial charge in [-0.2, -0.15) is 4.31 Å². The highest BCUT2D eigenvalue weighted by Crippen LogP contribution is 2.21. The van der Waals surface area contributed by atoms with Crippen molar-refractivity contribution in [1.82, 2.24) is 9.62 Å². The van der Waals surface area contributed by atoms with E-state index >= 15 is 0 Å². The monoisotopic (exact) mass is 452 g/mol. The zero-order valence-corrected chi connectivity index (χ0v) is 18.4. The van der Waals surface area contributed by atoms with Crippen LogP contribution in [0.5, 0.6) is 5.75 Å². The summed E-state index contributed by atoms with van der Waals surface area (Å²) in [4.78, 5) is 12.4. The molecule has 3 rings (SSSR count). The minimum absolute atomic E-state index is 0.159. The molecule has 2 aromatic rings. The van der Waals surface area contributed by atoms with Gasteiger partial charge in [0, 0.05) is 23.7 Å². The van der Waals surface area contributed by atoms with Crippen LogP contribution < -0.4 is 10.1 Å². The Labute approximate surface area is 182 Å². The van der Waals surface area contributed by atoms with Gasteiger partial charge in [-0.3, -0.25) is 4.79 Å². The van der Waals surface area contributed by atoms with E-state index in [9.17, 15) is 13.2 Å². The fraction of sp³-hybridized carbons (Fsp3) is 0.381. The van der Waals surface area contributed by atoms with Crippen molar-refractivity contribution in [3.05, 3.63) is 59.1 Å². The lowest BCUT2D eigenvalue weighted by Gasteiger charge is -2.34. The first kappa shape index (κ1) is 22.6. The topological polar surface area (TPSA) is 84.9 Å². The number of sulfonamides is 1. The maximum Gasteiger partial charge on any atom is 0.251 e. The number of rotatable bonds is 7. The number of carbonyl (C=O) groups is 1. The highest BCUT2D eigenvalue weighted by atomic mass is 35.5. The molecule has 2 aromatic carbocycles. The Morgan fingerprint density at radius 3 is 2.30 bits per heavy atom. The average Bonchev–Trinajstić information content (AvgIpc) is 2.71. The second-order valence-corrected chi connectivity index (χ2v) is 9.54. The van der Waals surface area contributed by atoms with Gasteiger partial charge in [0.15, 0.2) is 0 Å². The third-order valence-electron chi connectivity index (χ3n) is 4.61. The third kappa shape index (κ3) is 5.72. The second kappa shape index (κ2) is 9.78. The summed E-state index contributed by atoms with van der Waals surface area (Å²) in [6.07, 6.45) is -0.327. The lowest BCUT2D eigenvalue weighted by Crippen LogP contribution is -2.48. The molecule has 1 saturated heterocycles. The SMILES string of the molecule is CC1CN(S(=O)(=O)c2ccc(C(=O)NCCOc3ccc(Cl)cc3)cc2)CC(C)O1. The molecule has 9 heteroatoms. The van der Waals surface area contributed by atoms with Crippen LogP contribution in [0.3, 0.4) is 0 Å². The molecular formula is C21H25ClN2O5S. The molecule has 0 saturated carbocycles. The van der Waals surface area contributed by atoms with Crippen molar-refractivity contribution >= 4 is 27.5 Å². The molecule has 30 heavy (non-hydrogen) atoms. The summed E-state index contributed by atoms with van der Waals surface area (Å²) >= 11 is 5.82. The molecule has 2 unspecified atom stereocenters. The molecule has 0 bridgehead atoms. The molecule has 0 spiro atoms. The van der Waals surface area contributed by atoms with Gasteiger partial charge in [0.05, 0.1) is 23.6 Å². The summed E-state index contributed by atoms with van der Waals surface area (Å²) in [5.41, 5.74) is 0.379. The van der Waals surface area contributed by atoms with E-state index in [0.29, 0.717) is 42.6 Å². The van der Waals surface area contributed by atoms with Gasteiger partial charge >= 0.3 is 0 Å². The van der Waals surface area contributed by atoms with Crippen LogP contribution in [-0.4, -0.2) is 57.1 Å². The minimum atomic E-state index is -3.63. The summed E-state index contributed by atoms with van der Waals surface area (Å²) < 4.78 is 38.3. The summed E-state index contributed by atoms with van der Waals surface area (Å²) in [6, 6.07) is 12.9. The number of hydrogen-bond acceptors (Lipinski definition) is 5. The molecule has 0 aromatic heterocycles. The van der Waals surface area contributed by atoms with Gasteiger partial charge in [-0.25, -0.2) is 8.42 Å². The van der Waals surface area contributed by atoms with Crippen molar-refractivity contribution in [3.8, 4) is 5.75 Å². The van der Waals surface area contributed by atoms with E-state index < -0.39 is 10.0 Å². The Kier molecular flexibility index (Phi) is 7.36. The highest BCUT2D eigenvalue weighted by molar-refractivity contribution is 7.89. The molecule has 2 atom stereocenters. The maximum absolute atomic E-state index is 12.9. The first-order valence-electron chi connectivity index (χ1n) is 9.68. The quantitative estimate of drug-likeness (QED) is 0.653. The Bertz CT molecular complexity index is 954. The number of halogens is 1. The molecule has 1 heterocycles. The van der Waals surface area contributed by atoms with Crippen molar-refractivity contribution in [2.75, 3.05) is 26.2 Å². The molecule has 1 N–H and O–H groups in total. The smallest absolute Gasteiger partial charge is 0.251 e. The lowest BCUT2D eigenvalue weighted by molar-refractivity contribution is -0.0440. The van der Waals surface area contributed by atoms with Gasteiger partial charge in [0.25, 0.3) is 5.91 Å². The molecule has 0 radical (unpaired) electrons. The zero-order valence-electron chi connectivity index (χ0n) is 16.9. The van der Waals surface area contributed by atoms with Crippen LogP contribution in [0.1, 0.15) is 24.2 Å². The van der Waals surface area contributed by atoms with E-state index in [1.54, 1.807) is 24.3 Å². The molecule has 162 valence electrons. The van der Waals surface area contributed by atoms with Crippen molar-refractivity contribution in [2.45, 2.75) is 31.0 Å². The van der Waals surface area contributed by atoms with Crippen LogP contribution in [0.4, 0.5) is 0 Å². The highest BCUT2D eigenvalue weighted by Gasteiger charge is 2.32. The average molecular weight is 453 g/mol. The van der Waals surface area contributed by atoms with Gasteiger partial charge in [0.2, 0.25) is 10.0 Å². The summed E-state index contributed by atoms with van der Waals surface area (Å²) in [7, 11) is -3.63. The van der Waals surface area contributed by atoms with Gasteiger partial charge < -0.3 is 14.8 Å². The van der Waals surface area contributed by atoms with Crippen LogP contribution in [0.25, 0.3) is 0 Å². The number of nitrogens with one attached hydrogen (secondary N) is 1. The zero-order chi connectivity index (χ0) is 21.7. The van der Waals surface area contributed by atoms with Crippen LogP contribution in [0.15, 0.2) is 53.4 Å². The first-order chi connectivity index (χ1) is 14.3. The number of hydrogen-bond donors (Lipinski definition) is 1. The fourth-order valence-corrected chi connectivity index (χ4v) is 4.94. The molecule has 0 aliphatic carbocycles. The van der Waals surface area contributed by atoms with Crippen LogP contribution in [0.2, 0.25) is 5.02 Å². The van der Waals surface area contributed by atoms with Crippen molar-refractivity contribution in [2.24, 2.45) is 0 Å². The summed E-state index contributed by atoms with van der Waals surface area (Å²) in [5, 5.41) is 3.37. The molecule has 7 nitrogen and oxygen atoms in total. The first-order valence-corrected chi connectivity index (χ1v) is 11.5. The fourth-order valence-electron chi connectivity index (χ4n) is 3.22. The largest absolute Gasteiger partial charge is 0.492 e. The number of morpholine rings is 1. The Hall–Kier alpha value is -2.13. The van der Waals surface area contributed by atoms with Crippen LogP contribution in [-0.2, 0) is 14.8 Å². The molecule has 1 aliphatic heterocycles. The predicted molar refractivity (Wildman–Crippen MR) is 114 cm³/mol. The number of carbonyl (C=O) groups excluding carboxylic acids is 1. The lowest BCUT2D eigenvalue weighted by atomic mass is 10.2.